The van der Waals surface area contributed by atoms with Crippen LogP contribution in [0.3, 0.4) is 0 Å². The molecule has 0 aliphatic heterocycles. The zero-order valence-electron chi connectivity index (χ0n) is 11.4. The Morgan fingerprint density at radius 1 is 1.37 bits per heavy atom. The highest BCUT2D eigenvalue weighted by molar-refractivity contribution is 7.18. The molecule has 1 heterocycles. The van der Waals surface area contributed by atoms with Gasteiger partial charge in [0, 0.05) is 6.61 Å². The lowest BCUT2D eigenvalue weighted by atomic mass is 10.2. The number of nitrogens with one attached hydrogen (secondary N) is 1. The van der Waals surface area contributed by atoms with Crippen LogP contribution in [-0.2, 0) is 14.3 Å². The van der Waals surface area contributed by atoms with Crippen LogP contribution in [0.4, 0.5) is 5.00 Å². The van der Waals surface area contributed by atoms with Gasteiger partial charge in [0.05, 0.1) is 25.1 Å². The Morgan fingerprint density at radius 3 is 2.74 bits per heavy atom. The van der Waals surface area contributed by atoms with E-state index in [-0.39, 0.29) is 5.91 Å². The molecule has 1 aromatic heterocycles. The molecule has 1 amide bonds. The zero-order chi connectivity index (χ0) is 14.3. The van der Waals surface area contributed by atoms with Gasteiger partial charge in [0.1, 0.15) is 4.88 Å². The number of thiophene rings is 1. The van der Waals surface area contributed by atoms with Gasteiger partial charge in [-0.3, -0.25) is 4.79 Å². The van der Waals surface area contributed by atoms with Crippen LogP contribution in [0.5, 0.6) is 0 Å². The summed E-state index contributed by atoms with van der Waals surface area (Å²) in [6.45, 7) is 5.16. The van der Waals surface area contributed by atoms with Gasteiger partial charge in [-0.05, 0) is 18.1 Å². The predicted octanol–water partition coefficient (Wildman–Crippen LogP) is 2.54. The molecule has 106 valence electrons. The van der Waals surface area contributed by atoms with Crippen LogP contribution >= 0.6 is 11.3 Å². The van der Waals surface area contributed by atoms with Crippen LogP contribution in [-0.4, -0.2) is 32.2 Å². The Labute approximate surface area is 116 Å². The third kappa shape index (κ3) is 5.85. The second-order valence-corrected chi connectivity index (χ2v) is 5.51. The lowest BCUT2D eigenvalue weighted by molar-refractivity contribution is -0.117. The van der Waals surface area contributed by atoms with Crippen LogP contribution in [0.25, 0.3) is 0 Å². The van der Waals surface area contributed by atoms with Crippen molar-refractivity contribution in [1.29, 1.82) is 0 Å². The summed E-state index contributed by atoms with van der Waals surface area (Å²) < 4.78 is 9.93. The highest BCUT2D eigenvalue weighted by Gasteiger charge is 2.10. The summed E-state index contributed by atoms with van der Waals surface area (Å²) in [6, 6.07) is 3.31. The van der Waals surface area contributed by atoms with Crippen molar-refractivity contribution in [2.75, 3.05) is 25.6 Å². The Bertz CT molecular complexity index is 428. The molecular formula is C13H19NO4S. The van der Waals surface area contributed by atoms with Gasteiger partial charge in [0.2, 0.25) is 5.91 Å². The number of carbonyl (C=O) groups excluding carboxylic acids is 2. The third-order valence-electron chi connectivity index (χ3n) is 2.18. The first-order valence-corrected chi connectivity index (χ1v) is 6.90. The maximum atomic E-state index is 11.6. The number of carbonyl (C=O) groups is 2. The lowest BCUT2D eigenvalue weighted by Crippen LogP contribution is -2.14. The fourth-order valence-corrected chi connectivity index (χ4v) is 2.14. The highest BCUT2D eigenvalue weighted by atomic mass is 32.1. The van der Waals surface area contributed by atoms with Crippen molar-refractivity contribution in [3.8, 4) is 0 Å². The number of methoxy groups -OCH3 is 1. The summed E-state index contributed by atoms with van der Waals surface area (Å²) in [5.41, 5.74) is 0. The average Bonchev–Trinajstić information content (AvgIpc) is 2.82. The van der Waals surface area contributed by atoms with Gasteiger partial charge in [-0.1, -0.05) is 13.8 Å². The summed E-state index contributed by atoms with van der Waals surface area (Å²) in [4.78, 5) is 23.3. The van der Waals surface area contributed by atoms with E-state index in [1.165, 1.54) is 18.4 Å². The quantitative estimate of drug-likeness (QED) is 0.617. The van der Waals surface area contributed by atoms with Crippen LogP contribution in [0, 0.1) is 5.92 Å². The number of rotatable bonds is 7. The van der Waals surface area contributed by atoms with Crippen LogP contribution in [0.1, 0.15) is 29.9 Å². The van der Waals surface area contributed by atoms with Crippen LogP contribution in [0.15, 0.2) is 12.1 Å². The minimum absolute atomic E-state index is 0.123. The molecule has 0 saturated heterocycles. The molecule has 0 atom stereocenters. The van der Waals surface area contributed by atoms with E-state index in [1.807, 2.05) is 0 Å². The number of esters is 1. The number of ether oxygens (including phenoxy) is 2. The Morgan fingerprint density at radius 2 is 2.11 bits per heavy atom. The van der Waals surface area contributed by atoms with E-state index < -0.39 is 5.97 Å². The maximum Gasteiger partial charge on any atom is 0.348 e. The monoisotopic (exact) mass is 285 g/mol. The van der Waals surface area contributed by atoms with E-state index >= 15 is 0 Å². The molecule has 0 bridgehead atoms. The normalized spacial score (nSPS) is 10.5. The van der Waals surface area contributed by atoms with Crippen LogP contribution < -0.4 is 5.32 Å². The van der Waals surface area contributed by atoms with Crippen molar-refractivity contribution in [2.45, 2.75) is 20.3 Å². The van der Waals surface area contributed by atoms with E-state index in [0.29, 0.717) is 35.4 Å². The van der Waals surface area contributed by atoms with Gasteiger partial charge < -0.3 is 14.8 Å². The second-order valence-electron chi connectivity index (χ2n) is 4.42. The Balaban J connectivity index is 2.32. The molecule has 5 nitrogen and oxygen atoms in total. The van der Waals surface area contributed by atoms with Crippen molar-refractivity contribution in [1.82, 2.24) is 0 Å². The standard InChI is InChI=1S/C13H19NO4S/c1-9(2)8-18-7-6-11(15)14-12-5-4-10(19-12)13(16)17-3/h4-5,9H,6-8H2,1-3H3,(H,14,15). The first-order valence-electron chi connectivity index (χ1n) is 6.08. The van der Waals surface area contributed by atoms with Gasteiger partial charge in [-0.25, -0.2) is 4.79 Å². The summed E-state index contributed by atoms with van der Waals surface area (Å²) in [5, 5.41) is 3.35. The van der Waals surface area contributed by atoms with Crippen LogP contribution in [0.2, 0.25) is 0 Å². The molecular weight excluding hydrogens is 266 g/mol. The molecule has 1 aromatic rings. The number of anilines is 1. The molecule has 1 rings (SSSR count). The number of hydrogen-bond acceptors (Lipinski definition) is 5. The lowest BCUT2D eigenvalue weighted by Gasteiger charge is -2.06. The van der Waals surface area contributed by atoms with E-state index in [4.69, 9.17) is 4.74 Å². The zero-order valence-corrected chi connectivity index (χ0v) is 12.2. The minimum Gasteiger partial charge on any atom is -0.465 e. The molecule has 0 spiro atoms. The minimum atomic E-state index is -0.397. The van der Waals surface area contributed by atoms with Crippen molar-refractivity contribution < 1.29 is 19.1 Å². The molecule has 0 saturated carbocycles. The molecule has 19 heavy (non-hydrogen) atoms. The molecule has 0 aliphatic carbocycles. The Kier molecular flexibility index (Phi) is 6.52. The first kappa shape index (κ1) is 15.7. The molecule has 0 unspecified atom stereocenters. The van der Waals surface area contributed by atoms with Gasteiger partial charge in [0.15, 0.2) is 0 Å². The van der Waals surface area contributed by atoms with Crippen molar-refractivity contribution in [3.63, 3.8) is 0 Å². The molecule has 6 heteroatoms. The molecule has 0 aromatic carbocycles. The number of amides is 1. The first-order chi connectivity index (χ1) is 9.02. The van der Waals surface area contributed by atoms with E-state index in [0.717, 1.165) is 0 Å². The summed E-state index contributed by atoms with van der Waals surface area (Å²) in [5.74, 6) is -0.0595. The van der Waals surface area contributed by atoms with E-state index in [1.54, 1.807) is 12.1 Å². The van der Waals surface area contributed by atoms with E-state index in [9.17, 15) is 9.59 Å². The molecule has 1 N–H and O–H groups in total. The van der Waals surface area contributed by atoms with Gasteiger partial charge >= 0.3 is 5.97 Å². The Hall–Kier alpha value is -1.40. The smallest absolute Gasteiger partial charge is 0.348 e. The maximum absolute atomic E-state index is 11.6. The SMILES string of the molecule is COC(=O)c1ccc(NC(=O)CCOCC(C)C)s1. The predicted molar refractivity (Wildman–Crippen MR) is 74.6 cm³/mol. The third-order valence-corrected chi connectivity index (χ3v) is 3.16. The molecule has 0 radical (unpaired) electrons. The molecule has 0 fully saturated rings. The van der Waals surface area contributed by atoms with Gasteiger partial charge in [-0.15, -0.1) is 11.3 Å². The van der Waals surface area contributed by atoms with Gasteiger partial charge in [0.25, 0.3) is 0 Å². The van der Waals surface area contributed by atoms with Gasteiger partial charge in [-0.2, -0.15) is 0 Å². The van der Waals surface area contributed by atoms with E-state index in [2.05, 4.69) is 23.9 Å². The highest BCUT2D eigenvalue weighted by Crippen LogP contribution is 2.22. The second kappa shape index (κ2) is 7.91. The molecule has 0 aliphatic rings. The van der Waals surface area contributed by atoms with Crippen molar-refractivity contribution in [3.05, 3.63) is 17.0 Å². The summed E-state index contributed by atoms with van der Waals surface area (Å²) in [7, 11) is 1.33. The van der Waals surface area contributed by atoms with Crippen molar-refractivity contribution in [2.24, 2.45) is 5.92 Å². The number of hydrogen-bond donors (Lipinski definition) is 1. The average molecular weight is 285 g/mol. The topological polar surface area (TPSA) is 64.6 Å². The summed E-state index contributed by atoms with van der Waals surface area (Å²) >= 11 is 1.19. The fourth-order valence-electron chi connectivity index (χ4n) is 1.30. The summed E-state index contributed by atoms with van der Waals surface area (Å²) in [6.07, 6.45) is 0.304. The largest absolute Gasteiger partial charge is 0.465 e. The van der Waals surface area contributed by atoms with Crippen molar-refractivity contribution >= 4 is 28.2 Å². The fraction of sp³-hybridized carbons (Fsp3) is 0.538.